The SMILES string of the molecule is CN=C[C@@H](C)[C@@H](C)C(C)O. The second kappa shape index (κ2) is 4.45. The Hall–Kier alpha value is -0.370. The van der Waals surface area contributed by atoms with Gasteiger partial charge in [0.2, 0.25) is 0 Å². The van der Waals surface area contributed by atoms with Crippen LogP contribution in [0, 0.1) is 11.8 Å². The zero-order chi connectivity index (χ0) is 8.15. The van der Waals surface area contributed by atoms with Gasteiger partial charge in [0.15, 0.2) is 0 Å². The maximum Gasteiger partial charge on any atom is 0.0543 e. The van der Waals surface area contributed by atoms with Crippen molar-refractivity contribution in [2.45, 2.75) is 26.9 Å². The zero-order valence-electron chi connectivity index (χ0n) is 7.20. The fourth-order valence-corrected chi connectivity index (χ4v) is 0.810. The lowest BCUT2D eigenvalue weighted by Crippen LogP contribution is -2.21. The predicted molar refractivity (Wildman–Crippen MR) is 44.4 cm³/mol. The highest BCUT2D eigenvalue weighted by Crippen LogP contribution is 2.12. The van der Waals surface area contributed by atoms with Crippen molar-refractivity contribution < 1.29 is 5.11 Å². The van der Waals surface area contributed by atoms with Crippen LogP contribution >= 0.6 is 0 Å². The summed E-state index contributed by atoms with van der Waals surface area (Å²) >= 11 is 0. The molecule has 2 heteroatoms. The molecule has 10 heavy (non-hydrogen) atoms. The Balaban J connectivity index is 3.81. The van der Waals surface area contributed by atoms with Crippen LogP contribution in [0.1, 0.15) is 20.8 Å². The van der Waals surface area contributed by atoms with Gasteiger partial charge in [0, 0.05) is 13.3 Å². The molecule has 0 bridgehead atoms. The van der Waals surface area contributed by atoms with Crippen molar-refractivity contribution in [1.29, 1.82) is 0 Å². The third-order valence-electron chi connectivity index (χ3n) is 1.97. The lowest BCUT2D eigenvalue weighted by Gasteiger charge is -2.18. The normalized spacial score (nSPS) is 20.9. The van der Waals surface area contributed by atoms with Gasteiger partial charge in [-0.1, -0.05) is 13.8 Å². The average Bonchev–Trinajstić information content (AvgIpc) is 1.87. The molecule has 0 aliphatic heterocycles. The quantitative estimate of drug-likeness (QED) is 0.594. The molecule has 0 spiro atoms. The van der Waals surface area contributed by atoms with Gasteiger partial charge in [-0.3, -0.25) is 0 Å². The first kappa shape index (κ1) is 9.63. The number of rotatable bonds is 3. The van der Waals surface area contributed by atoms with E-state index in [9.17, 15) is 0 Å². The summed E-state index contributed by atoms with van der Waals surface area (Å²) in [4.78, 5) is 3.90. The van der Waals surface area contributed by atoms with Gasteiger partial charge in [-0.15, -0.1) is 0 Å². The van der Waals surface area contributed by atoms with Gasteiger partial charge in [-0.05, 0) is 18.8 Å². The number of aliphatic hydroxyl groups excluding tert-OH is 1. The summed E-state index contributed by atoms with van der Waals surface area (Å²) in [6, 6.07) is 0. The number of aliphatic imine (C=N–C) groups is 1. The highest BCUT2D eigenvalue weighted by molar-refractivity contribution is 5.60. The highest BCUT2D eigenvalue weighted by Gasteiger charge is 2.14. The van der Waals surface area contributed by atoms with Gasteiger partial charge in [-0.25, -0.2) is 0 Å². The van der Waals surface area contributed by atoms with Gasteiger partial charge in [0.1, 0.15) is 0 Å². The van der Waals surface area contributed by atoms with Crippen molar-refractivity contribution in [3.8, 4) is 0 Å². The van der Waals surface area contributed by atoms with Crippen LogP contribution in [0.15, 0.2) is 4.99 Å². The van der Waals surface area contributed by atoms with Crippen molar-refractivity contribution in [1.82, 2.24) is 0 Å². The number of hydrogen-bond donors (Lipinski definition) is 1. The first-order valence-electron chi connectivity index (χ1n) is 3.70. The molecule has 0 rings (SSSR count). The van der Waals surface area contributed by atoms with Crippen LogP contribution in [0.25, 0.3) is 0 Å². The summed E-state index contributed by atoms with van der Waals surface area (Å²) in [6.45, 7) is 5.89. The van der Waals surface area contributed by atoms with Crippen LogP contribution < -0.4 is 0 Å². The van der Waals surface area contributed by atoms with E-state index in [1.807, 2.05) is 20.1 Å². The Bertz CT molecular complexity index is 110. The van der Waals surface area contributed by atoms with Crippen molar-refractivity contribution in [2.24, 2.45) is 16.8 Å². The minimum atomic E-state index is -0.243. The van der Waals surface area contributed by atoms with E-state index < -0.39 is 0 Å². The third-order valence-corrected chi connectivity index (χ3v) is 1.97. The molecule has 0 saturated carbocycles. The van der Waals surface area contributed by atoms with E-state index in [1.54, 1.807) is 7.05 Å². The highest BCUT2D eigenvalue weighted by atomic mass is 16.3. The molecule has 60 valence electrons. The lowest BCUT2D eigenvalue weighted by atomic mass is 9.93. The maximum atomic E-state index is 9.16. The third kappa shape index (κ3) is 2.97. The molecule has 0 aliphatic carbocycles. The number of aliphatic hydroxyl groups is 1. The van der Waals surface area contributed by atoms with Crippen LogP contribution in [0.4, 0.5) is 0 Å². The molecule has 0 radical (unpaired) electrons. The molecule has 0 aromatic rings. The van der Waals surface area contributed by atoms with Crippen molar-refractivity contribution >= 4 is 6.21 Å². The van der Waals surface area contributed by atoms with Crippen molar-refractivity contribution in [3.05, 3.63) is 0 Å². The van der Waals surface area contributed by atoms with E-state index in [1.165, 1.54) is 0 Å². The maximum absolute atomic E-state index is 9.16. The largest absolute Gasteiger partial charge is 0.393 e. The smallest absolute Gasteiger partial charge is 0.0543 e. The topological polar surface area (TPSA) is 32.6 Å². The zero-order valence-corrected chi connectivity index (χ0v) is 7.20. The first-order chi connectivity index (χ1) is 4.59. The molecule has 0 amide bonds. The van der Waals surface area contributed by atoms with Crippen LogP contribution in [-0.4, -0.2) is 24.5 Å². The van der Waals surface area contributed by atoms with Gasteiger partial charge in [-0.2, -0.15) is 0 Å². The van der Waals surface area contributed by atoms with Gasteiger partial charge in [0.25, 0.3) is 0 Å². The Morgan fingerprint density at radius 3 is 2.10 bits per heavy atom. The fourth-order valence-electron chi connectivity index (χ4n) is 0.810. The Kier molecular flexibility index (Phi) is 4.28. The number of hydrogen-bond acceptors (Lipinski definition) is 2. The van der Waals surface area contributed by atoms with Gasteiger partial charge < -0.3 is 10.1 Å². The molecule has 0 aromatic heterocycles. The standard InChI is InChI=1S/C8H17NO/c1-6(5-9-4)7(2)8(3)10/h5-8,10H,1-4H3/t6-,7-,8?/m1/s1. The summed E-state index contributed by atoms with van der Waals surface area (Å²) in [7, 11) is 1.76. The average molecular weight is 143 g/mol. The van der Waals surface area contributed by atoms with E-state index in [4.69, 9.17) is 5.11 Å². The molecular formula is C8H17NO. The number of nitrogens with zero attached hydrogens (tertiary/aromatic N) is 1. The molecule has 0 saturated heterocycles. The monoisotopic (exact) mass is 143 g/mol. The Morgan fingerprint density at radius 2 is 1.80 bits per heavy atom. The molecule has 3 atom stereocenters. The van der Waals surface area contributed by atoms with Crippen LogP contribution in [-0.2, 0) is 0 Å². The second-order valence-corrected chi connectivity index (χ2v) is 2.87. The summed E-state index contributed by atoms with van der Waals surface area (Å²) in [6.07, 6.45) is 1.63. The second-order valence-electron chi connectivity index (χ2n) is 2.87. The van der Waals surface area contributed by atoms with Crippen LogP contribution in [0.2, 0.25) is 0 Å². The van der Waals surface area contributed by atoms with E-state index in [0.717, 1.165) is 0 Å². The molecule has 0 heterocycles. The van der Waals surface area contributed by atoms with E-state index in [2.05, 4.69) is 11.9 Å². The summed E-state index contributed by atoms with van der Waals surface area (Å²) in [5.41, 5.74) is 0. The van der Waals surface area contributed by atoms with Crippen molar-refractivity contribution in [3.63, 3.8) is 0 Å². The van der Waals surface area contributed by atoms with Crippen molar-refractivity contribution in [2.75, 3.05) is 7.05 Å². The molecule has 1 unspecified atom stereocenters. The summed E-state index contributed by atoms with van der Waals surface area (Å²) in [5.74, 6) is 0.661. The molecule has 1 N–H and O–H groups in total. The minimum Gasteiger partial charge on any atom is -0.393 e. The molecule has 0 aliphatic rings. The molecule has 2 nitrogen and oxygen atoms in total. The predicted octanol–water partition coefficient (Wildman–Crippen LogP) is 1.34. The Labute approximate surface area is 63.0 Å². The minimum absolute atomic E-state index is 0.243. The van der Waals surface area contributed by atoms with E-state index >= 15 is 0 Å². The van der Waals surface area contributed by atoms with E-state index in [0.29, 0.717) is 11.8 Å². The summed E-state index contributed by atoms with van der Waals surface area (Å²) in [5, 5.41) is 9.16. The van der Waals surface area contributed by atoms with Crippen LogP contribution in [0.3, 0.4) is 0 Å². The lowest BCUT2D eigenvalue weighted by molar-refractivity contribution is 0.121. The summed E-state index contributed by atoms with van der Waals surface area (Å²) < 4.78 is 0. The van der Waals surface area contributed by atoms with Crippen LogP contribution in [0.5, 0.6) is 0 Å². The molecular weight excluding hydrogens is 126 g/mol. The molecule has 0 fully saturated rings. The first-order valence-corrected chi connectivity index (χ1v) is 3.70. The van der Waals surface area contributed by atoms with E-state index in [-0.39, 0.29) is 6.10 Å². The fraction of sp³-hybridized carbons (Fsp3) is 0.875. The van der Waals surface area contributed by atoms with Gasteiger partial charge >= 0.3 is 0 Å². The Morgan fingerprint density at radius 1 is 1.30 bits per heavy atom. The molecule has 0 aromatic carbocycles. The van der Waals surface area contributed by atoms with Gasteiger partial charge in [0.05, 0.1) is 6.10 Å².